The van der Waals surface area contributed by atoms with Gasteiger partial charge in [0.15, 0.2) is 16.8 Å². The molecule has 4 rings (SSSR count). The van der Waals surface area contributed by atoms with Gasteiger partial charge in [0.2, 0.25) is 5.91 Å². The average molecular weight is 470 g/mol. The molecule has 2 aromatic carbocycles. The lowest BCUT2D eigenvalue weighted by atomic mass is 10.1. The lowest BCUT2D eigenvalue weighted by Crippen LogP contribution is -2.19. The van der Waals surface area contributed by atoms with Crippen LogP contribution < -0.4 is 10.1 Å². The first-order chi connectivity index (χ1) is 15.5. The maximum Gasteiger partial charge on any atom is 0.243 e. The van der Waals surface area contributed by atoms with E-state index in [1.807, 2.05) is 49.5 Å². The van der Waals surface area contributed by atoms with Crippen LogP contribution in [0.2, 0.25) is 5.02 Å². The van der Waals surface area contributed by atoms with E-state index >= 15 is 0 Å². The van der Waals surface area contributed by atoms with E-state index in [2.05, 4.69) is 20.7 Å². The number of aryl methyl sites for hydroxylation is 1. The highest BCUT2D eigenvalue weighted by Gasteiger charge is 2.26. The Bertz CT molecular complexity index is 1210. The Hall–Kier alpha value is -3.30. The number of thioether (sulfide) groups is 1. The van der Waals surface area contributed by atoms with Gasteiger partial charge in [-0.1, -0.05) is 71.0 Å². The molecule has 0 fully saturated rings. The third-order valence-electron chi connectivity index (χ3n) is 4.56. The number of rotatable bonds is 8. The van der Waals surface area contributed by atoms with E-state index in [9.17, 15) is 4.79 Å². The average Bonchev–Trinajstić information content (AvgIpc) is 3.36. The van der Waals surface area contributed by atoms with Gasteiger partial charge < -0.3 is 19.1 Å². The van der Waals surface area contributed by atoms with E-state index in [0.717, 1.165) is 5.56 Å². The van der Waals surface area contributed by atoms with Crippen LogP contribution in [0.5, 0.6) is 5.75 Å². The molecule has 8 nitrogen and oxygen atoms in total. The van der Waals surface area contributed by atoms with Crippen LogP contribution in [0.25, 0.3) is 0 Å². The number of carbonyl (C=O) groups excluding carboxylic acids is 1. The summed E-state index contributed by atoms with van der Waals surface area (Å²) in [7, 11) is 1.83. The first-order valence-electron chi connectivity index (χ1n) is 9.72. The fourth-order valence-corrected chi connectivity index (χ4v) is 4.11. The van der Waals surface area contributed by atoms with Crippen LogP contribution in [0, 0.1) is 6.92 Å². The van der Waals surface area contributed by atoms with Gasteiger partial charge >= 0.3 is 0 Å². The standard InChI is InChI=1S/C22H20ClN5O3S/c1-14-12-18(27-31-14)24-21(29)20(15-8-4-3-5-9-15)32-22-26-25-19(28(22)2)13-30-17-11-7-6-10-16(17)23/h3-12,20H,13H2,1-2H3,(H,24,27,29). The van der Waals surface area contributed by atoms with Crippen LogP contribution in [0.15, 0.2) is 70.3 Å². The number of nitrogens with one attached hydrogen (secondary N) is 1. The molecule has 0 aliphatic heterocycles. The van der Waals surface area contributed by atoms with Crippen LogP contribution in [0.1, 0.15) is 22.4 Å². The Labute approximate surface area is 193 Å². The molecule has 0 radical (unpaired) electrons. The predicted octanol–water partition coefficient (Wildman–Crippen LogP) is 4.82. The second-order valence-corrected chi connectivity index (χ2v) is 8.38. The molecule has 0 aliphatic rings. The minimum atomic E-state index is -0.576. The summed E-state index contributed by atoms with van der Waals surface area (Å²) in [4.78, 5) is 13.1. The maximum absolute atomic E-state index is 13.1. The normalized spacial score (nSPS) is 11.8. The Morgan fingerprint density at radius 3 is 2.66 bits per heavy atom. The maximum atomic E-state index is 13.1. The lowest BCUT2D eigenvalue weighted by molar-refractivity contribution is -0.115. The molecular weight excluding hydrogens is 450 g/mol. The Morgan fingerprint density at radius 1 is 1.19 bits per heavy atom. The minimum absolute atomic E-state index is 0.189. The molecule has 0 saturated carbocycles. The summed E-state index contributed by atoms with van der Waals surface area (Å²) < 4.78 is 12.6. The molecule has 0 bridgehead atoms. The predicted molar refractivity (Wildman–Crippen MR) is 122 cm³/mol. The summed E-state index contributed by atoms with van der Waals surface area (Å²) in [5.41, 5.74) is 0.826. The number of hydrogen-bond donors (Lipinski definition) is 1. The van der Waals surface area contributed by atoms with Gasteiger partial charge in [0.05, 0.1) is 5.02 Å². The number of nitrogens with zero attached hydrogens (tertiary/aromatic N) is 4. The number of aromatic nitrogens is 4. The number of halogens is 1. The molecule has 0 aliphatic carbocycles. The largest absolute Gasteiger partial charge is 0.484 e. The van der Waals surface area contributed by atoms with E-state index in [1.165, 1.54) is 11.8 Å². The van der Waals surface area contributed by atoms with Crippen molar-refractivity contribution in [3.8, 4) is 5.75 Å². The second-order valence-electron chi connectivity index (χ2n) is 6.90. The first-order valence-corrected chi connectivity index (χ1v) is 11.0. The zero-order valence-corrected chi connectivity index (χ0v) is 18.9. The van der Waals surface area contributed by atoms with Crippen LogP contribution in [0.3, 0.4) is 0 Å². The molecule has 164 valence electrons. The molecule has 2 heterocycles. The number of carbonyl (C=O) groups is 1. The monoisotopic (exact) mass is 469 g/mol. The summed E-state index contributed by atoms with van der Waals surface area (Å²) in [6.45, 7) is 1.95. The highest BCUT2D eigenvalue weighted by molar-refractivity contribution is 8.00. The first kappa shape index (κ1) is 21.9. The van der Waals surface area contributed by atoms with Gasteiger partial charge in [-0.25, -0.2) is 0 Å². The number of para-hydroxylation sites is 1. The van der Waals surface area contributed by atoms with E-state index < -0.39 is 5.25 Å². The van der Waals surface area contributed by atoms with E-state index in [0.29, 0.717) is 33.3 Å². The van der Waals surface area contributed by atoms with E-state index in [1.54, 1.807) is 29.7 Å². The lowest BCUT2D eigenvalue weighted by Gasteiger charge is -2.15. The quantitative estimate of drug-likeness (QED) is 0.370. The fraction of sp³-hybridized carbons (Fsp3) is 0.182. The van der Waals surface area contributed by atoms with E-state index in [4.69, 9.17) is 20.9 Å². The summed E-state index contributed by atoms with van der Waals surface area (Å²) >= 11 is 7.43. The summed E-state index contributed by atoms with van der Waals surface area (Å²) in [6, 6.07) is 18.3. The number of amides is 1. The third-order valence-corrected chi connectivity index (χ3v) is 6.16. The molecule has 1 atom stereocenters. The number of ether oxygens (including phenoxy) is 1. The van der Waals surface area contributed by atoms with Crippen molar-refractivity contribution in [3.63, 3.8) is 0 Å². The summed E-state index contributed by atoms with van der Waals surface area (Å²) in [5, 5.41) is 15.6. The van der Waals surface area contributed by atoms with Crippen LogP contribution in [-0.4, -0.2) is 25.8 Å². The highest BCUT2D eigenvalue weighted by atomic mass is 35.5. The molecule has 2 aromatic heterocycles. The molecule has 32 heavy (non-hydrogen) atoms. The van der Waals surface area contributed by atoms with Crippen molar-refractivity contribution in [2.45, 2.75) is 23.9 Å². The summed E-state index contributed by atoms with van der Waals surface area (Å²) in [6.07, 6.45) is 0. The zero-order chi connectivity index (χ0) is 22.5. The minimum Gasteiger partial charge on any atom is -0.484 e. The molecule has 1 N–H and O–H groups in total. The topological polar surface area (TPSA) is 95.1 Å². The SMILES string of the molecule is Cc1cc(NC(=O)C(Sc2nnc(COc3ccccc3Cl)n2C)c2ccccc2)no1. The zero-order valence-electron chi connectivity index (χ0n) is 17.4. The van der Waals surface area contributed by atoms with Crippen molar-refractivity contribution in [1.82, 2.24) is 19.9 Å². The molecule has 0 spiro atoms. The van der Waals surface area contributed by atoms with Crippen LogP contribution >= 0.6 is 23.4 Å². The molecule has 1 unspecified atom stereocenters. The number of hydrogen-bond acceptors (Lipinski definition) is 7. The van der Waals surface area contributed by atoms with Gasteiger partial charge in [-0.15, -0.1) is 10.2 Å². The van der Waals surface area contributed by atoms with Gasteiger partial charge in [0.25, 0.3) is 0 Å². The Morgan fingerprint density at radius 2 is 1.94 bits per heavy atom. The third kappa shape index (κ3) is 5.12. The van der Waals surface area contributed by atoms with Crippen LogP contribution in [-0.2, 0) is 18.4 Å². The van der Waals surface area contributed by atoms with Crippen molar-refractivity contribution >= 4 is 35.1 Å². The van der Waals surface area contributed by atoms with Crippen molar-refractivity contribution < 1.29 is 14.1 Å². The smallest absolute Gasteiger partial charge is 0.243 e. The van der Waals surface area contributed by atoms with Crippen molar-refractivity contribution in [2.24, 2.45) is 7.05 Å². The molecular formula is C22H20ClN5O3S. The fourth-order valence-electron chi connectivity index (χ4n) is 2.90. The van der Waals surface area contributed by atoms with E-state index in [-0.39, 0.29) is 12.5 Å². The summed E-state index contributed by atoms with van der Waals surface area (Å²) in [5.74, 6) is 1.90. The molecule has 0 saturated heterocycles. The number of benzene rings is 2. The molecule has 10 heteroatoms. The molecule has 1 amide bonds. The van der Waals surface area contributed by atoms with Crippen molar-refractivity contribution in [2.75, 3.05) is 5.32 Å². The van der Waals surface area contributed by atoms with Gasteiger partial charge in [-0.2, -0.15) is 0 Å². The molecule has 4 aromatic rings. The highest BCUT2D eigenvalue weighted by Crippen LogP contribution is 2.35. The van der Waals surface area contributed by atoms with Crippen molar-refractivity contribution in [1.29, 1.82) is 0 Å². The van der Waals surface area contributed by atoms with Gasteiger partial charge in [-0.05, 0) is 24.6 Å². The van der Waals surface area contributed by atoms with Gasteiger partial charge in [-0.3, -0.25) is 4.79 Å². The number of anilines is 1. The second kappa shape index (κ2) is 9.88. The van der Waals surface area contributed by atoms with Gasteiger partial charge in [0.1, 0.15) is 23.4 Å². The van der Waals surface area contributed by atoms with Crippen molar-refractivity contribution in [3.05, 3.63) is 82.8 Å². The Balaban J connectivity index is 1.52. The van der Waals surface area contributed by atoms with Crippen LogP contribution in [0.4, 0.5) is 5.82 Å². The van der Waals surface area contributed by atoms with Gasteiger partial charge in [0, 0.05) is 13.1 Å². The Kier molecular flexibility index (Phi) is 6.77.